The molecule has 0 saturated carbocycles. The van der Waals surface area contributed by atoms with Crippen molar-refractivity contribution in [2.24, 2.45) is 5.10 Å². The molecule has 1 aromatic carbocycles. The summed E-state index contributed by atoms with van der Waals surface area (Å²) >= 11 is 0. The topological polar surface area (TPSA) is 159 Å². The number of methoxy groups -OCH3 is 1. The Morgan fingerprint density at radius 1 is 1.27 bits per heavy atom. The van der Waals surface area contributed by atoms with Crippen LogP contribution in [-0.4, -0.2) is 49.5 Å². The van der Waals surface area contributed by atoms with E-state index < -0.39 is 5.91 Å². The number of rotatable bonds is 6. The largest absolute Gasteiger partial charge is 0.497 e. The zero-order valence-electron chi connectivity index (χ0n) is 15.6. The number of aromatic nitrogens is 6. The van der Waals surface area contributed by atoms with Crippen LogP contribution < -0.4 is 15.9 Å². The van der Waals surface area contributed by atoms with Crippen LogP contribution in [0.2, 0.25) is 0 Å². The number of nitrogens with zero attached hydrogens (tertiary/aromatic N) is 7. The Morgan fingerprint density at radius 3 is 2.83 bits per heavy atom. The van der Waals surface area contributed by atoms with E-state index >= 15 is 0 Å². The highest BCUT2D eigenvalue weighted by Crippen LogP contribution is 2.28. The Balaban J connectivity index is 1.72. The Morgan fingerprint density at radius 2 is 2.10 bits per heavy atom. The zero-order chi connectivity index (χ0) is 20.9. The van der Waals surface area contributed by atoms with Gasteiger partial charge in [0.15, 0.2) is 5.69 Å². The second-order valence-electron chi connectivity index (χ2n) is 5.88. The lowest BCUT2D eigenvalue weighted by atomic mass is 10.1. The highest BCUT2D eigenvalue weighted by Gasteiger charge is 2.25. The maximum Gasteiger partial charge on any atom is 0.294 e. The molecule has 0 saturated heterocycles. The highest BCUT2D eigenvalue weighted by molar-refractivity contribution is 5.98. The molecule has 0 atom stereocenters. The van der Waals surface area contributed by atoms with Gasteiger partial charge in [0, 0.05) is 18.0 Å². The third-order valence-electron chi connectivity index (χ3n) is 4.01. The normalized spacial score (nSPS) is 11.0. The quantitative estimate of drug-likeness (QED) is 0.353. The van der Waals surface area contributed by atoms with E-state index in [1.807, 2.05) is 0 Å². The monoisotopic (exact) mass is 405 g/mol. The molecule has 0 unspecified atom stereocenters. The van der Waals surface area contributed by atoms with Crippen molar-refractivity contribution in [1.29, 1.82) is 0 Å². The van der Waals surface area contributed by atoms with Crippen LogP contribution in [-0.2, 0) is 0 Å². The van der Waals surface area contributed by atoms with Crippen LogP contribution in [0.1, 0.15) is 16.1 Å². The third-order valence-corrected chi connectivity index (χ3v) is 4.01. The standard InChI is InChI=1S/C18H15N9O3/c1-29-13-4-2-3-12(9-13)15-14(22-26-27(15)17-16(19)24-30-25-17)18(28)23-21-10-11-5-7-20-8-6-11/h2-10H,1H3,(H2,19,24)(H,23,28)/b21-10-. The van der Waals surface area contributed by atoms with Gasteiger partial charge in [-0.05, 0) is 40.1 Å². The van der Waals surface area contributed by atoms with Crippen LogP contribution >= 0.6 is 0 Å². The summed E-state index contributed by atoms with van der Waals surface area (Å²) in [4.78, 5) is 16.7. The second-order valence-corrected chi connectivity index (χ2v) is 5.88. The molecule has 4 rings (SSSR count). The maximum atomic E-state index is 12.8. The Kier molecular flexibility index (Phi) is 5.11. The molecule has 0 aliphatic rings. The minimum atomic E-state index is -0.584. The van der Waals surface area contributed by atoms with Crippen molar-refractivity contribution in [2.75, 3.05) is 12.8 Å². The summed E-state index contributed by atoms with van der Waals surface area (Å²) in [7, 11) is 1.54. The maximum absolute atomic E-state index is 12.8. The molecular weight excluding hydrogens is 390 g/mol. The number of carbonyl (C=O) groups is 1. The van der Waals surface area contributed by atoms with Crippen LogP contribution in [0.25, 0.3) is 17.1 Å². The molecule has 0 aliphatic carbocycles. The number of anilines is 1. The van der Waals surface area contributed by atoms with Crippen molar-refractivity contribution in [3.63, 3.8) is 0 Å². The molecule has 30 heavy (non-hydrogen) atoms. The van der Waals surface area contributed by atoms with Crippen molar-refractivity contribution in [2.45, 2.75) is 0 Å². The van der Waals surface area contributed by atoms with E-state index in [-0.39, 0.29) is 17.3 Å². The lowest BCUT2D eigenvalue weighted by molar-refractivity contribution is 0.0950. The summed E-state index contributed by atoms with van der Waals surface area (Å²) in [5, 5.41) is 19.2. The van der Waals surface area contributed by atoms with Crippen molar-refractivity contribution in [1.82, 2.24) is 35.7 Å². The molecule has 150 valence electrons. The number of ether oxygens (including phenoxy) is 1. The van der Waals surface area contributed by atoms with Crippen molar-refractivity contribution in [3.8, 4) is 22.8 Å². The number of nitrogens with one attached hydrogen (secondary N) is 1. The van der Waals surface area contributed by atoms with Gasteiger partial charge in [-0.25, -0.2) is 10.1 Å². The molecule has 0 bridgehead atoms. The summed E-state index contributed by atoms with van der Waals surface area (Å²) in [5.74, 6) is 0.0827. The van der Waals surface area contributed by atoms with Crippen LogP contribution in [0.3, 0.4) is 0 Å². The van der Waals surface area contributed by atoms with Crippen molar-refractivity contribution in [3.05, 3.63) is 60.0 Å². The average molecular weight is 405 g/mol. The Bertz CT molecular complexity index is 1200. The lowest BCUT2D eigenvalue weighted by Gasteiger charge is -2.07. The molecule has 0 fully saturated rings. The highest BCUT2D eigenvalue weighted by atomic mass is 16.6. The fraction of sp³-hybridized carbons (Fsp3) is 0.0556. The van der Waals surface area contributed by atoms with Crippen LogP contribution in [0, 0.1) is 0 Å². The van der Waals surface area contributed by atoms with Gasteiger partial charge in [-0.3, -0.25) is 9.78 Å². The molecule has 3 N–H and O–H groups in total. The van der Waals surface area contributed by atoms with Gasteiger partial charge in [0.2, 0.25) is 11.6 Å². The number of hydrazone groups is 1. The summed E-state index contributed by atoms with van der Waals surface area (Å²) in [6.45, 7) is 0. The van der Waals surface area contributed by atoms with Gasteiger partial charge in [-0.15, -0.1) is 5.10 Å². The second kappa shape index (κ2) is 8.18. The number of hydrogen-bond acceptors (Lipinski definition) is 10. The van der Waals surface area contributed by atoms with Gasteiger partial charge in [0.25, 0.3) is 5.91 Å². The molecule has 12 heteroatoms. The van der Waals surface area contributed by atoms with E-state index in [2.05, 4.69) is 40.8 Å². The smallest absolute Gasteiger partial charge is 0.294 e. The van der Waals surface area contributed by atoms with Gasteiger partial charge in [-0.2, -0.15) is 9.78 Å². The number of amides is 1. The molecule has 3 heterocycles. The first-order valence-electron chi connectivity index (χ1n) is 8.59. The van der Waals surface area contributed by atoms with Gasteiger partial charge in [-0.1, -0.05) is 17.3 Å². The van der Waals surface area contributed by atoms with Crippen molar-refractivity contribution < 1.29 is 14.2 Å². The van der Waals surface area contributed by atoms with Crippen LogP contribution in [0.4, 0.5) is 5.82 Å². The van der Waals surface area contributed by atoms with E-state index in [9.17, 15) is 4.79 Å². The minimum absolute atomic E-state index is 0.00229. The fourth-order valence-electron chi connectivity index (χ4n) is 2.62. The summed E-state index contributed by atoms with van der Waals surface area (Å²) in [6, 6.07) is 10.5. The molecular formula is C18H15N9O3. The van der Waals surface area contributed by atoms with Crippen molar-refractivity contribution >= 4 is 17.9 Å². The number of pyridine rings is 1. The predicted octanol–water partition coefficient (Wildman–Crippen LogP) is 1.07. The van der Waals surface area contributed by atoms with Gasteiger partial charge in [0.05, 0.1) is 13.3 Å². The molecule has 1 amide bonds. The molecule has 0 aliphatic heterocycles. The fourth-order valence-corrected chi connectivity index (χ4v) is 2.62. The first-order valence-corrected chi connectivity index (χ1v) is 8.59. The predicted molar refractivity (Wildman–Crippen MR) is 105 cm³/mol. The summed E-state index contributed by atoms with van der Waals surface area (Å²) in [6.07, 6.45) is 4.72. The number of nitrogen functional groups attached to an aromatic ring is 1. The number of hydrogen-bond donors (Lipinski definition) is 2. The van der Waals surface area contributed by atoms with Crippen LogP contribution in [0.15, 0.2) is 58.5 Å². The Labute approximate surface area is 169 Å². The number of nitrogens with two attached hydrogens (primary N) is 1. The van der Waals surface area contributed by atoms with E-state index in [0.29, 0.717) is 17.0 Å². The average Bonchev–Trinajstić information content (AvgIpc) is 3.40. The molecule has 0 radical (unpaired) electrons. The SMILES string of the molecule is COc1cccc(-c2c(C(=O)N/N=C\c3ccncc3)nnn2-c2nonc2N)c1. The van der Waals surface area contributed by atoms with E-state index in [1.54, 1.807) is 48.8 Å². The first-order chi connectivity index (χ1) is 14.7. The van der Waals surface area contributed by atoms with Crippen LogP contribution in [0.5, 0.6) is 5.75 Å². The van der Waals surface area contributed by atoms with E-state index in [1.165, 1.54) is 18.0 Å². The minimum Gasteiger partial charge on any atom is -0.497 e. The first kappa shape index (κ1) is 18.7. The summed E-state index contributed by atoms with van der Waals surface area (Å²) in [5.41, 5.74) is 9.89. The number of carbonyl (C=O) groups excluding carboxylic acids is 1. The molecule has 0 spiro atoms. The van der Waals surface area contributed by atoms with Gasteiger partial charge < -0.3 is 10.5 Å². The van der Waals surface area contributed by atoms with E-state index in [0.717, 1.165) is 5.56 Å². The van der Waals surface area contributed by atoms with Gasteiger partial charge >= 0.3 is 0 Å². The zero-order valence-corrected chi connectivity index (χ0v) is 15.6. The number of benzene rings is 1. The Hall–Kier alpha value is -4.61. The third kappa shape index (κ3) is 3.69. The molecule has 12 nitrogen and oxygen atoms in total. The van der Waals surface area contributed by atoms with E-state index in [4.69, 9.17) is 10.5 Å². The van der Waals surface area contributed by atoms with Gasteiger partial charge in [0.1, 0.15) is 11.4 Å². The molecule has 3 aromatic heterocycles. The molecule has 4 aromatic rings. The lowest BCUT2D eigenvalue weighted by Crippen LogP contribution is -2.19. The summed E-state index contributed by atoms with van der Waals surface area (Å²) < 4.78 is 11.2.